The van der Waals surface area contributed by atoms with Gasteiger partial charge in [0.2, 0.25) is 0 Å². The van der Waals surface area contributed by atoms with E-state index >= 15 is 0 Å². The lowest BCUT2D eigenvalue weighted by atomic mass is 10.1. The Balaban J connectivity index is 2.53. The number of carbonyl (C=O) groups excluding carboxylic acids is 1. The number of nitrogens with one attached hydrogen (secondary N) is 2. The lowest BCUT2D eigenvalue weighted by Crippen LogP contribution is -2.24. The minimum atomic E-state index is -0.876. The van der Waals surface area contributed by atoms with Crippen molar-refractivity contribution in [3.63, 3.8) is 0 Å². The molecular formula is C14H18N2O3. The van der Waals surface area contributed by atoms with Crippen molar-refractivity contribution < 1.29 is 14.7 Å². The van der Waals surface area contributed by atoms with Crippen molar-refractivity contribution in [2.75, 3.05) is 5.32 Å². The third kappa shape index (κ3) is 5.72. The Morgan fingerprint density at radius 2 is 1.89 bits per heavy atom. The summed E-state index contributed by atoms with van der Waals surface area (Å²) in [5.74, 6) is -0.876. The van der Waals surface area contributed by atoms with Gasteiger partial charge < -0.3 is 15.7 Å². The SMILES string of the molecule is CC/C(C)=C/NC(=O)Nc1ccc(CC(=O)O)cc1. The van der Waals surface area contributed by atoms with Crippen LogP contribution in [-0.4, -0.2) is 17.1 Å². The van der Waals surface area contributed by atoms with Gasteiger partial charge in [-0.25, -0.2) is 4.79 Å². The number of anilines is 1. The number of carboxylic acids is 1. The summed E-state index contributed by atoms with van der Waals surface area (Å²) in [4.78, 5) is 22.1. The molecule has 0 radical (unpaired) electrons. The Bertz CT molecular complexity index is 478. The van der Waals surface area contributed by atoms with Gasteiger partial charge in [0.25, 0.3) is 0 Å². The molecule has 0 saturated heterocycles. The summed E-state index contributed by atoms with van der Waals surface area (Å²) in [6.07, 6.45) is 2.52. The molecule has 1 rings (SSSR count). The molecular weight excluding hydrogens is 244 g/mol. The maximum absolute atomic E-state index is 11.5. The zero-order valence-electron chi connectivity index (χ0n) is 11.1. The van der Waals surface area contributed by atoms with Crippen LogP contribution in [-0.2, 0) is 11.2 Å². The van der Waals surface area contributed by atoms with Gasteiger partial charge in [-0.1, -0.05) is 24.6 Å². The molecule has 0 heterocycles. The number of hydrogen-bond donors (Lipinski definition) is 3. The molecule has 0 aliphatic heterocycles. The summed E-state index contributed by atoms with van der Waals surface area (Å²) in [6.45, 7) is 3.94. The van der Waals surface area contributed by atoms with Gasteiger partial charge in [-0.3, -0.25) is 4.79 Å². The Labute approximate surface area is 112 Å². The monoisotopic (exact) mass is 262 g/mol. The molecule has 0 aliphatic rings. The minimum absolute atomic E-state index is 0.0229. The van der Waals surface area contributed by atoms with Gasteiger partial charge in [0, 0.05) is 11.9 Å². The molecule has 5 nitrogen and oxygen atoms in total. The maximum atomic E-state index is 11.5. The summed E-state index contributed by atoms with van der Waals surface area (Å²) in [7, 11) is 0. The van der Waals surface area contributed by atoms with Crippen molar-refractivity contribution in [3.8, 4) is 0 Å². The fourth-order valence-electron chi connectivity index (χ4n) is 1.34. The summed E-state index contributed by atoms with van der Waals surface area (Å²) in [6, 6.07) is 6.38. The van der Waals surface area contributed by atoms with Crippen LogP contribution in [0.1, 0.15) is 25.8 Å². The highest BCUT2D eigenvalue weighted by Gasteiger charge is 2.02. The van der Waals surface area contributed by atoms with Gasteiger partial charge in [-0.2, -0.15) is 0 Å². The second-order valence-electron chi connectivity index (χ2n) is 4.21. The number of aliphatic carboxylic acids is 1. The molecule has 102 valence electrons. The van der Waals surface area contributed by atoms with Crippen LogP contribution in [0.15, 0.2) is 36.0 Å². The molecule has 0 unspecified atom stereocenters. The smallest absolute Gasteiger partial charge is 0.323 e. The van der Waals surface area contributed by atoms with Crippen LogP contribution >= 0.6 is 0 Å². The van der Waals surface area contributed by atoms with E-state index in [0.717, 1.165) is 12.0 Å². The van der Waals surface area contributed by atoms with Crippen molar-refractivity contribution in [2.45, 2.75) is 26.7 Å². The van der Waals surface area contributed by atoms with E-state index in [1.165, 1.54) is 0 Å². The zero-order valence-corrected chi connectivity index (χ0v) is 11.1. The minimum Gasteiger partial charge on any atom is -0.481 e. The predicted octanol–water partition coefficient (Wildman–Crippen LogP) is 2.75. The molecule has 0 bridgehead atoms. The Morgan fingerprint density at radius 3 is 2.42 bits per heavy atom. The van der Waals surface area contributed by atoms with Crippen molar-refractivity contribution in [1.29, 1.82) is 0 Å². The van der Waals surface area contributed by atoms with Crippen molar-refractivity contribution >= 4 is 17.7 Å². The van der Waals surface area contributed by atoms with Crippen molar-refractivity contribution in [1.82, 2.24) is 5.32 Å². The molecule has 1 aromatic carbocycles. The lowest BCUT2D eigenvalue weighted by molar-refractivity contribution is -0.136. The molecule has 19 heavy (non-hydrogen) atoms. The number of carbonyl (C=O) groups is 2. The first-order chi connectivity index (χ1) is 9.01. The summed E-state index contributed by atoms with van der Waals surface area (Å²) >= 11 is 0. The molecule has 0 spiro atoms. The standard InChI is InChI=1S/C14H18N2O3/c1-3-10(2)9-15-14(19)16-12-6-4-11(5-7-12)8-13(17)18/h4-7,9H,3,8H2,1-2H3,(H,17,18)(H2,15,16,19)/b10-9+. The Kier molecular flexibility index (Phi) is 5.60. The van der Waals surface area contributed by atoms with Gasteiger partial charge >= 0.3 is 12.0 Å². The number of allylic oxidation sites excluding steroid dienone is 1. The molecule has 3 N–H and O–H groups in total. The first kappa shape index (κ1) is 14.8. The van der Waals surface area contributed by atoms with Crippen LogP contribution in [0.5, 0.6) is 0 Å². The number of rotatable bonds is 5. The molecule has 0 atom stereocenters. The van der Waals surface area contributed by atoms with E-state index in [0.29, 0.717) is 11.3 Å². The van der Waals surface area contributed by atoms with Crippen LogP contribution in [0.25, 0.3) is 0 Å². The molecule has 0 aliphatic carbocycles. The number of benzene rings is 1. The quantitative estimate of drug-likeness (QED) is 0.763. The molecule has 2 amide bonds. The van der Waals surface area contributed by atoms with E-state index in [9.17, 15) is 9.59 Å². The van der Waals surface area contributed by atoms with Crippen LogP contribution in [0.3, 0.4) is 0 Å². The average molecular weight is 262 g/mol. The van der Waals surface area contributed by atoms with Gasteiger partial charge in [-0.15, -0.1) is 0 Å². The zero-order chi connectivity index (χ0) is 14.3. The lowest BCUT2D eigenvalue weighted by Gasteiger charge is -2.06. The summed E-state index contributed by atoms with van der Waals surface area (Å²) in [5.41, 5.74) is 2.39. The molecule has 0 saturated carbocycles. The number of amides is 2. The normalized spacial score (nSPS) is 10.9. The van der Waals surface area contributed by atoms with E-state index in [1.54, 1.807) is 30.5 Å². The molecule has 1 aromatic rings. The molecule has 0 fully saturated rings. The van der Waals surface area contributed by atoms with E-state index in [4.69, 9.17) is 5.11 Å². The van der Waals surface area contributed by atoms with Gasteiger partial charge in [0.1, 0.15) is 0 Å². The fourth-order valence-corrected chi connectivity index (χ4v) is 1.34. The molecule has 0 aromatic heterocycles. The van der Waals surface area contributed by atoms with E-state index in [-0.39, 0.29) is 12.5 Å². The predicted molar refractivity (Wildman–Crippen MR) is 74.0 cm³/mol. The maximum Gasteiger partial charge on any atom is 0.323 e. The highest BCUT2D eigenvalue weighted by atomic mass is 16.4. The number of hydrogen-bond acceptors (Lipinski definition) is 2. The van der Waals surface area contributed by atoms with E-state index < -0.39 is 5.97 Å². The average Bonchev–Trinajstić information content (AvgIpc) is 2.37. The van der Waals surface area contributed by atoms with Crippen LogP contribution < -0.4 is 10.6 Å². The van der Waals surface area contributed by atoms with Gasteiger partial charge in [0.15, 0.2) is 0 Å². The highest BCUT2D eigenvalue weighted by Crippen LogP contribution is 2.10. The van der Waals surface area contributed by atoms with E-state index in [1.807, 2.05) is 13.8 Å². The fraction of sp³-hybridized carbons (Fsp3) is 0.286. The first-order valence-corrected chi connectivity index (χ1v) is 6.05. The Morgan fingerprint density at radius 1 is 1.26 bits per heavy atom. The highest BCUT2D eigenvalue weighted by molar-refractivity contribution is 5.89. The second kappa shape index (κ2) is 7.20. The van der Waals surface area contributed by atoms with Crippen LogP contribution in [0, 0.1) is 0 Å². The van der Waals surface area contributed by atoms with E-state index in [2.05, 4.69) is 10.6 Å². The molecule has 5 heteroatoms. The van der Waals surface area contributed by atoms with Gasteiger partial charge in [-0.05, 0) is 31.0 Å². The Hall–Kier alpha value is -2.30. The number of urea groups is 1. The topological polar surface area (TPSA) is 78.4 Å². The van der Waals surface area contributed by atoms with Crippen molar-refractivity contribution in [2.24, 2.45) is 0 Å². The number of carboxylic acid groups (broad SMARTS) is 1. The second-order valence-corrected chi connectivity index (χ2v) is 4.21. The first-order valence-electron chi connectivity index (χ1n) is 6.05. The third-order valence-electron chi connectivity index (χ3n) is 2.57. The van der Waals surface area contributed by atoms with Crippen LogP contribution in [0.4, 0.5) is 10.5 Å². The van der Waals surface area contributed by atoms with Crippen LogP contribution in [0.2, 0.25) is 0 Å². The van der Waals surface area contributed by atoms with Gasteiger partial charge in [0.05, 0.1) is 6.42 Å². The summed E-state index contributed by atoms with van der Waals surface area (Å²) in [5, 5.41) is 13.9. The third-order valence-corrected chi connectivity index (χ3v) is 2.57. The van der Waals surface area contributed by atoms with Crippen molar-refractivity contribution in [3.05, 3.63) is 41.6 Å². The summed E-state index contributed by atoms with van der Waals surface area (Å²) < 4.78 is 0. The largest absolute Gasteiger partial charge is 0.481 e.